The number of rotatable bonds is 7. The Hall–Kier alpha value is -3.72. The van der Waals surface area contributed by atoms with Gasteiger partial charge < -0.3 is 18.8 Å². The van der Waals surface area contributed by atoms with Crippen LogP contribution in [0.15, 0.2) is 65.1 Å². The fraction of sp³-hybridized carbons (Fsp3) is 0.217. The molecule has 1 atom stereocenters. The summed E-state index contributed by atoms with van der Waals surface area (Å²) in [5.74, 6) is 1.76. The highest BCUT2D eigenvalue weighted by atomic mass is 16.5. The molecular formula is C23H22N2O4. The second-order valence-electron chi connectivity index (χ2n) is 6.53. The lowest BCUT2D eigenvalue weighted by Crippen LogP contribution is -2.29. The first-order valence-corrected chi connectivity index (χ1v) is 9.15. The third-order valence-corrected chi connectivity index (χ3v) is 4.75. The number of amides is 1. The zero-order valence-electron chi connectivity index (χ0n) is 16.6. The molecule has 0 saturated heterocycles. The number of carbonyl (C=O) groups excluding carboxylic acids is 1. The third kappa shape index (κ3) is 4.58. The lowest BCUT2D eigenvalue weighted by Gasteiger charge is -2.24. The van der Waals surface area contributed by atoms with Crippen molar-refractivity contribution in [1.29, 1.82) is 5.26 Å². The minimum atomic E-state index is -0.225. The molecule has 29 heavy (non-hydrogen) atoms. The zero-order chi connectivity index (χ0) is 20.8. The molecule has 1 amide bonds. The number of hydrogen-bond acceptors (Lipinski definition) is 5. The van der Waals surface area contributed by atoms with Crippen molar-refractivity contribution in [3.8, 4) is 17.6 Å². The molecule has 0 aliphatic heterocycles. The van der Waals surface area contributed by atoms with Crippen LogP contribution in [0, 0.1) is 11.3 Å². The van der Waals surface area contributed by atoms with Crippen LogP contribution in [-0.2, 0) is 6.61 Å². The van der Waals surface area contributed by atoms with Gasteiger partial charge in [-0.15, -0.1) is 0 Å². The molecule has 1 unspecified atom stereocenters. The van der Waals surface area contributed by atoms with Gasteiger partial charge in [-0.05, 0) is 48.9 Å². The molecule has 3 aromatic rings. The van der Waals surface area contributed by atoms with Gasteiger partial charge in [-0.1, -0.05) is 24.3 Å². The van der Waals surface area contributed by atoms with Crippen molar-refractivity contribution in [3.05, 3.63) is 83.3 Å². The fourth-order valence-corrected chi connectivity index (χ4v) is 2.86. The molecule has 0 spiro atoms. The van der Waals surface area contributed by atoms with Crippen LogP contribution in [0.1, 0.15) is 40.4 Å². The van der Waals surface area contributed by atoms with Gasteiger partial charge in [0.1, 0.15) is 29.9 Å². The van der Waals surface area contributed by atoms with Crippen molar-refractivity contribution >= 4 is 5.91 Å². The second kappa shape index (κ2) is 8.98. The summed E-state index contributed by atoms with van der Waals surface area (Å²) >= 11 is 0. The first-order valence-electron chi connectivity index (χ1n) is 9.15. The van der Waals surface area contributed by atoms with Crippen molar-refractivity contribution in [2.45, 2.75) is 19.6 Å². The predicted octanol–water partition coefficient (Wildman–Crippen LogP) is 4.57. The number of hydrogen-bond donors (Lipinski definition) is 0. The third-order valence-electron chi connectivity index (χ3n) is 4.75. The molecular weight excluding hydrogens is 368 g/mol. The van der Waals surface area contributed by atoms with Gasteiger partial charge in [0.05, 0.1) is 18.7 Å². The number of nitriles is 1. The number of para-hydroxylation sites is 1. The van der Waals surface area contributed by atoms with Gasteiger partial charge in [-0.25, -0.2) is 0 Å². The van der Waals surface area contributed by atoms with Crippen molar-refractivity contribution in [3.63, 3.8) is 0 Å². The Kier molecular flexibility index (Phi) is 6.20. The Morgan fingerprint density at radius 3 is 2.55 bits per heavy atom. The maximum Gasteiger partial charge on any atom is 0.289 e. The minimum Gasteiger partial charge on any atom is -0.497 e. The summed E-state index contributed by atoms with van der Waals surface area (Å²) in [6.45, 7) is 2.08. The number of ether oxygens (including phenoxy) is 2. The first kappa shape index (κ1) is 20.0. The van der Waals surface area contributed by atoms with Gasteiger partial charge in [0.2, 0.25) is 0 Å². The molecule has 3 rings (SSSR count). The van der Waals surface area contributed by atoms with Gasteiger partial charge in [0, 0.05) is 7.05 Å². The lowest BCUT2D eigenvalue weighted by molar-refractivity contribution is 0.0706. The molecule has 0 saturated carbocycles. The Labute approximate surface area is 169 Å². The maximum absolute atomic E-state index is 12.8. The Balaban J connectivity index is 1.65. The van der Waals surface area contributed by atoms with E-state index in [1.54, 1.807) is 55.5 Å². The molecule has 0 aliphatic carbocycles. The van der Waals surface area contributed by atoms with E-state index in [-0.39, 0.29) is 24.3 Å². The van der Waals surface area contributed by atoms with Crippen LogP contribution in [0.2, 0.25) is 0 Å². The van der Waals surface area contributed by atoms with E-state index in [0.717, 1.165) is 11.3 Å². The number of nitrogens with zero attached hydrogens (tertiary/aromatic N) is 2. The van der Waals surface area contributed by atoms with Gasteiger partial charge in [0.25, 0.3) is 5.91 Å². The van der Waals surface area contributed by atoms with Gasteiger partial charge in [-0.3, -0.25) is 4.79 Å². The Morgan fingerprint density at radius 2 is 1.86 bits per heavy atom. The van der Waals surface area contributed by atoms with Crippen LogP contribution >= 0.6 is 0 Å². The molecule has 2 aromatic carbocycles. The molecule has 0 radical (unpaired) electrons. The summed E-state index contributed by atoms with van der Waals surface area (Å²) in [5.41, 5.74) is 1.44. The summed E-state index contributed by atoms with van der Waals surface area (Å²) in [5, 5.41) is 9.12. The normalized spacial score (nSPS) is 11.4. The van der Waals surface area contributed by atoms with E-state index in [0.29, 0.717) is 17.1 Å². The van der Waals surface area contributed by atoms with E-state index >= 15 is 0 Å². The second-order valence-corrected chi connectivity index (χ2v) is 6.53. The van der Waals surface area contributed by atoms with Crippen LogP contribution in [-0.4, -0.2) is 25.0 Å². The monoisotopic (exact) mass is 390 g/mol. The molecule has 1 aromatic heterocycles. The molecule has 1 heterocycles. The van der Waals surface area contributed by atoms with Crippen molar-refractivity contribution in [2.75, 3.05) is 14.2 Å². The molecule has 6 heteroatoms. The number of methoxy groups -OCH3 is 1. The highest BCUT2D eigenvalue weighted by molar-refractivity contribution is 5.91. The number of carbonyl (C=O) groups is 1. The van der Waals surface area contributed by atoms with Crippen LogP contribution in [0.5, 0.6) is 11.5 Å². The standard InChI is InChI=1S/C23H22N2O4/c1-16(17-8-10-19(27-3)11-9-17)25(2)23(26)22-13-12-20(29-22)15-28-21-7-5-4-6-18(21)14-24/h4-13,16H,15H2,1-3H3. The summed E-state index contributed by atoms with van der Waals surface area (Å²) < 4.78 is 16.5. The number of furan rings is 1. The molecule has 0 bridgehead atoms. The van der Waals surface area contributed by atoms with E-state index in [4.69, 9.17) is 19.2 Å². The maximum atomic E-state index is 12.8. The van der Waals surface area contributed by atoms with E-state index in [2.05, 4.69) is 6.07 Å². The SMILES string of the molecule is COc1ccc(C(C)N(C)C(=O)c2ccc(COc3ccccc3C#N)o2)cc1. The smallest absolute Gasteiger partial charge is 0.289 e. The predicted molar refractivity (Wildman–Crippen MR) is 108 cm³/mol. The van der Waals surface area contributed by atoms with E-state index in [1.807, 2.05) is 31.2 Å². The topological polar surface area (TPSA) is 75.7 Å². The summed E-state index contributed by atoms with van der Waals surface area (Å²) in [4.78, 5) is 14.4. The summed E-state index contributed by atoms with van der Waals surface area (Å²) in [7, 11) is 3.35. The van der Waals surface area contributed by atoms with Crippen molar-refractivity contribution in [1.82, 2.24) is 4.90 Å². The Morgan fingerprint density at radius 1 is 1.14 bits per heavy atom. The Bertz CT molecular complexity index is 1020. The highest BCUT2D eigenvalue weighted by Gasteiger charge is 2.22. The molecule has 6 nitrogen and oxygen atoms in total. The van der Waals surface area contributed by atoms with Crippen LogP contribution < -0.4 is 9.47 Å². The van der Waals surface area contributed by atoms with Gasteiger partial charge >= 0.3 is 0 Å². The molecule has 0 aliphatic rings. The van der Waals surface area contributed by atoms with E-state index < -0.39 is 0 Å². The largest absolute Gasteiger partial charge is 0.497 e. The average molecular weight is 390 g/mol. The summed E-state index contributed by atoms with van der Waals surface area (Å²) in [6.07, 6.45) is 0. The average Bonchev–Trinajstić information content (AvgIpc) is 3.25. The first-order chi connectivity index (χ1) is 14.0. The minimum absolute atomic E-state index is 0.129. The van der Waals surface area contributed by atoms with Crippen molar-refractivity contribution in [2.24, 2.45) is 0 Å². The fourth-order valence-electron chi connectivity index (χ4n) is 2.86. The lowest BCUT2D eigenvalue weighted by atomic mass is 10.1. The van der Waals surface area contributed by atoms with E-state index in [9.17, 15) is 4.79 Å². The van der Waals surface area contributed by atoms with Crippen LogP contribution in [0.4, 0.5) is 0 Å². The van der Waals surface area contributed by atoms with Gasteiger partial charge in [-0.2, -0.15) is 5.26 Å². The number of benzene rings is 2. The highest BCUT2D eigenvalue weighted by Crippen LogP contribution is 2.24. The molecule has 0 fully saturated rings. The van der Waals surface area contributed by atoms with Crippen LogP contribution in [0.3, 0.4) is 0 Å². The zero-order valence-corrected chi connectivity index (χ0v) is 16.6. The van der Waals surface area contributed by atoms with E-state index in [1.165, 1.54) is 0 Å². The summed E-state index contributed by atoms with van der Waals surface area (Å²) in [6, 6.07) is 19.8. The van der Waals surface area contributed by atoms with Crippen LogP contribution in [0.25, 0.3) is 0 Å². The quantitative estimate of drug-likeness (QED) is 0.591. The molecule has 148 valence electrons. The van der Waals surface area contributed by atoms with Crippen molar-refractivity contribution < 1.29 is 18.7 Å². The van der Waals surface area contributed by atoms with Gasteiger partial charge in [0.15, 0.2) is 5.76 Å². The molecule has 0 N–H and O–H groups in total.